The molecule has 0 fully saturated rings. The minimum Gasteiger partial charge on any atom is -0.480 e. The van der Waals surface area contributed by atoms with Gasteiger partial charge in [-0.2, -0.15) is 0 Å². The van der Waals surface area contributed by atoms with E-state index in [0.717, 1.165) is 0 Å². The molecular formula is C18H35N3O8. The highest BCUT2D eigenvalue weighted by atomic mass is 16.6. The van der Waals surface area contributed by atoms with Crippen LogP contribution in [0.25, 0.3) is 0 Å². The Labute approximate surface area is 171 Å². The summed E-state index contributed by atoms with van der Waals surface area (Å²) in [7, 11) is 0. The van der Waals surface area contributed by atoms with Crippen LogP contribution in [0.2, 0.25) is 0 Å². The predicted octanol–water partition coefficient (Wildman–Crippen LogP) is -0.131. The van der Waals surface area contributed by atoms with Crippen LogP contribution in [-0.2, 0) is 28.5 Å². The average molecular weight is 421 g/mol. The Morgan fingerprint density at radius 1 is 0.897 bits per heavy atom. The van der Waals surface area contributed by atoms with Crippen molar-refractivity contribution in [1.29, 1.82) is 0 Å². The molecule has 2 amide bonds. The number of ether oxygens (including phenoxy) is 4. The number of hydrogen-bond donors (Lipinski definition) is 4. The van der Waals surface area contributed by atoms with E-state index >= 15 is 0 Å². The first-order valence-electron chi connectivity index (χ1n) is 9.57. The smallest absolute Gasteiger partial charge is 0.407 e. The van der Waals surface area contributed by atoms with Gasteiger partial charge in [-0.25, -0.2) is 4.79 Å². The van der Waals surface area contributed by atoms with Crippen LogP contribution in [0.4, 0.5) is 4.79 Å². The molecule has 0 aliphatic carbocycles. The SMILES string of the molecule is CC(C)(C)OC(=O)NCCOCCOCCOCCNC(=O)CC[C@H](N)C(=O)O. The molecule has 0 saturated heterocycles. The van der Waals surface area contributed by atoms with E-state index in [4.69, 9.17) is 29.8 Å². The van der Waals surface area contributed by atoms with Gasteiger partial charge in [-0.1, -0.05) is 0 Å². The van der Waals surface area contributed by atoms with Crippen molar-refractivity contribution in [3.63, 3.8) is 0 Å². The number of rotatable bonds is 16. The molecule has 5 N–H and O–H groups in total. The highest BCUT2D eigenvalue weighted by Gasteiger charge is 2.15. The summed E-state index contributed by atoms with van der Waals surface area (Å²) in [4.78, 5) is 33.4. The summed E-state index contributed by atoms with van der Waals surface area (Å²) in [6, 6.07) is -1.03. The Bertz CT molecular complexity index is 482. The summed E-state index contributed by atoms with van der Waals surface area (Å²) in [5.74, 6) is -1.39. The van der Waals surface area contributed by atoms with Crippen LogP contribution in [0.15, 0.2) is 0 Å². The van der Waals surface area contributed by atoms with E-state index in [9.17, 15) is 14.4 Å². The lowest BCUT2D eigenvalue weighted by molar-refractivity contribution is -0.138. The zero-order valence-electron chi connectivity index (χ0n) is 17.5. The molecule has 0 aliphatic rings. The lowest BCUT2D eigenvalue weighted by Crippen LogP contribution is -2.34. The number of carboxylic acids is 1. The van der Waals surface area contributed by atoms with E-state index in [0.29, 0.717) is 52.7 Å². The highest BCUT2D eigenvalue weighted by Crippen LogP contribution is 2.06. The van der Waals surface area contributed by atoms with Gasteiger partial charge in [-0.3, -0.25) is 9.59 Å². The van der Waals surface area contributed by atoms with Gasteiger partial charge >= 0.3 is 12.1 Å². The summed E-state index contributed by atoms with van der Waals surface area (Å²) in [5.41, 5.74) is 4.79. The number of carbonyl (C=O) groups is 3. The topological polar surface area (TPSA) is 158 Å². The monoisotopic (exact) mass is 421 g/mol. The van der Waals surface area contributed by atoms with Crippen LogP contribution >= 0.6 is 0 Å². The van der Waals surface area contributed by atoms with Gasteiger partial charge < -0.3 is 40.4 Å². The first-order valence-corrected chi connectivity index (χ1v) is 9.57. The summed E-state index contributed by atoms with van der Waals surface area (Å²) in [6.45, 7) is 8.30. The zero-order chi connectivity index (χ0) is 22.1. The third-order valence-electron chi connectivity index (χ3n) is 3.23. The lowest BCUT2D eigenvalue weighted by Gasteiger charge is -2.19. The van der Waals surface area contributed by atoms with Crippen LogP contribution in [0.3, 0.4) is 0 Å². The zero-order valence-corrected chi connectivity index (χ0v) is 17.5. The molecular weight excluding hydrogens is 386 g/mol. The van der Waals surface area contributed by atoms with E-state index in [2.05, 4.69) is 10.6 Å². The number of alkyl carbamates (subject to hydrolysis) is 1. The summed E-state index contributed by atoms with van der Waals surface area (Å²) >= 11 is 0. The van der Waals surface area contributed by atoms with E-state index in [1.165, 1.54) is 0 Å². The fraction of sp³-hybridized carbons (Fsp3) is 0.833. The Morgan fingerprint density at radius 3 is 1.86 bits per heavy atom. The molecule has 0 rings (SSSR count). The normalized spacial score (nSPS) is 12.3. The molecule has 0 radical (unpaired) electrons. The van der Waals surface area contributed by atoms with E-state index in [1.807, 2.05) is 0 Å². The quantitative estimate of drug-likeness (QED) is 0.249. The Hall–Kier alpha value is -1.95. The summed E-state index contributed by atoms with van der Waals surface area (Å²) in [6.07, 6.45) is -0.326. The van der Waals surface area contributed by atoms with Crippen LogP contribution in [0.1, 0.15) is 33.6 Å². The second-order valence-corrected chi connectivity index (χ2v) is 7.10. The van der Waals surface area contributed by atoms with Crippen molar-refractivity contribution in [2.45, 2.75) is 45.3 Å². The lowest BCUT2D eigenvalue weighted by atomic mass is 10.1. The summed E-state index contributed by atoms with van der Waals surface area (Å²) < 4.78 is 21.0. The minimum absolute atomic E-state index is 0.0594. The molecule has 0 unspecified atom stereocenters. The molecule has 29 heavy (non-hydrogen) atoms. The molecule has 0 saturated carbocycles. The third-order valence-corrected chi connectivity index (χ3v) is 3.23. The first-order chi connectivity index (χ1) is 13.6. The predicted molar refractivity (Wildman–Crippen MR) is 105 cm³/mol. The molecule has 0 aromatic rings. The van der Waals surface area contributed by atoms with Crippen molar-refractivity contribution in [2.24, 2.45) is 5.73 Å². The molecule has 0 spiro atoms. The van der Waals surface area contributed by atoms with Crippen molar-refractivity contribution in [1.82, 2.24) is 10.6 Å². The minimum atomic E-state index is -1.12. The van der Waals surface area contributed by atoms with Gasteiger partial charge in [0.25, 0.3) is 0 Å². The Balaban J connectivity index is 3.33. The van der Waals surface area contributed by atoms with Gasteiger partial charge in [-0.15, -0.1) is 0 Å². The standard InChI is InChI=1S/C18H35N3O8/c1-18(2,3)29-17(25)21-7-9-27-11-13-28-12-10-26-8-6-20-15(22)5-4-14(19)16(23)24/h14H,4-13,19H2,1-3H3,(H,20,22)(H,21,25)(H,23,24)/t14-/m0/s1. The third kappa shape index (κ3) is 19.2. The number of hydrogen-bond acceptors (Lipinski definition) is 8. The number of nitrogens with one attached hydrogen (secondary N) is 2. The molecule has 1 atom stereocenters. The van der Waals surface area contributed by atoms with Gasteiger partial charge in [0.05, 0.1) is 39.6 Å². The molecule has 0 bridgehead atoms. The number of nitrogens with two attached hydrogens (primary N) is 1. The van der Waals surface area contributed by atoms with Crippen LogP contribution < -0.4 is 16.4 Å². The van der Waals surface area contributed by atoms with Crippen LogP contribution in [-0.4, -0.2) is 87.4 Å². The Kier molecular flexibility index (Phi) is 14.8. The average Bonchev–Trinajstić information content (AvgIpc) is 2.61. The van der Waals surface area contributed by atoms with Gasteiger partial charge in [0.2, 0.25) is 5.91 Å². The molecule has 11 heteroatoms. The maximum Gasteiger partial charge on any atom is 0.407 e. The number of carbonyl (C=O) groups excluding carboxylic acids is 2. The fourth-order valence-corrected chi connectivity index (χ4v) is 1.84. The fourth-order valence-electron chi connectivity index (χ4n) is 1.84. The molecule has 0 aromatic heterocycles. The maximum atomic E-state index is 11.5. The van der Waals surface area contributed by atoms with Gasteiger partial charge in [0, 0.05) is 19.5 Å². The first kappa shape index (κ1) is 27.0. The van der Waals surface area contributed by atoms with Crippen molar-refractivity contribution >= 4 is 18.0 Å². The molecule has 11 nitrogen and oxygen atoms in total. The largest absolute Gasteiger partial charge is 0.480 e. The van der Waals surface area contributed by atoms with E-state index < -0.39 is 23.7 Å². The number of carboxylic acid groups (broad SMARTS) is 1. The van der Waals surface area contributed by atoms with Crippen molar-refractivity contribution in [3.05, 3.63) is 0 Å². The Morgan fingerprint density at radius 2 is 1.38 bits per heavy atom. The number of aliphatic carboxylic acids is 1. The maximum absolute atomic E-state index is 11.5. The van der Waals surface area contributed by atoms with Crippen LogP contribution in [0.5, 0.6) is 0 Å². The molecule has 0 aliphatic heterocycles. The molecule has 170 valence electrons. The van der Waals surface area contributed by atoms with Crippen molar-refractivity contribution in [2.75, 3.05) is 52.7 Å². The second kappa shape index (κ2) is 15.9. The second-order valence-electron chi connectivity index (χ2n) is 7.10. The number of amides is 2. The van der Waals surface area contributed by atoms with E-state index in [1.54, 1.807) is 20.8 Å². The molecule has 0 heterocycles. The summed E-state index contributed by atoms with van der Waals surface area (Å²) in [5, 5.41) is 13.8. The molecule has 0 aromatic carbocycles. The van der Waals surface area contributed by atoms with Crippen molar-refractivity contribution in [3.8, 4) is 0 Å². The van der Waals surface area contributed by atoms with E-state index in [-0.39, 0.29) is 18.7 Å². The highest BCUT2D eigenvalue weighted by molar-refractivity contribution is 5.78. The van der Waals surface area contributed by atoms with Crippen LogP contribution in [0, 0.1) is 0 Å². The van der Waals surface area contributed by atoms with Gasteiger partial charge in [0.1, 0.15) is 11.6 Å². The van der Waals surface area contributed by atoms with Crippen molar-refractivity contribution < 1.29 is 38.4 Å². The van der Waals surface area contributed by atoms with Gasteiger partial charge in [-0.05, 0) is 27.2 Å². The van der Waals surface area contributed by atoms with Gasteiger partial charge in [0.15, 0.2) is 0 Å².